The van der Waals surface area contributed by atoms with Gasteiger partial charge >= 0.3 is 0 Å². The third-order valence-corrected chi connectivity index (χ3v) is 2.77. The fraction of sp³-hybridized carbons (Fsp3) is 0.429. The van der Waals surface area contributed by atoms with Crippen molar-refractivity contribution in [2.75, 3.05) is 39.2 Å². The second-order valence-corrected chi connectivity index (χ2v) is 4.33. The zero-order valence-corrected chi connectivity index (χ0v) is 12.1. The number of amides is 2. The highest BCUT2D eigenvalue weighted by Gasteiger charge is 2.08. The molecule has 1 aromatic rings. The van der Waals surface area contributed by atoms with Crippen molar-refractivity contribution in [1.82, 2.24) is 10.6 Å². The van der Waals surface area contributed by atoms with Crippen LogP contribution in [-0.2, 0) is 9.53 Å². The van der Waals surface area contributed by atoms with Crippen molar-refractivity contribution >= 4 is 17.5 Å². The van der Waals surface area contributed by atoms with E-state index >= 15 is 0 Å². The lowest BCUT2D eigenvalue weighted by Crippen LogP contribution is -2.30. The molecular formula is C14H21N3O3. The molecular weight excluding hydrogens is 258 g/mol. The quantitative estimate of drug-likeness (QED) is 0.636. The van der Waals surface area contributed by atoms with E-state index in [-0.39, 0.29) is 18.4 Å². The fourth-order valence-corrected chi connectivity index (χ4v) is 1.61. The third kappa shape index (κ3) is 4.99. The molecule has 2 amide bonds. The monoisotopic (exact) mass is 279 g/mol. The van der Waals surface area contributed by atoms with Crippen LogP contribution in [0.2, 0.25) is 0 Å². The van der Waals surface area contributed by atoms with Crippen molar-refractivity contribution in [3.05, 3.63) is 29.3 Å². The van der Waals surface area contributed by atoms with Crippen molar-refractivity contribution in [3.63, 3.8) is 0 Å². The Morgan fingerprint density at radius 2 is 2.05 bits per heavy atom. The normalized spacial score (nSPS) is 10.2. The van der Waals surface area contributed by atoms with E-state index in [1.165, 1.54) is 0 Å². The first-order valence-electron chi connectivity index (χ1n) is 6.40. The lowest BCUT2D eigenvalue weighted by molar-refractivity contribution is -0.115. The number of aryl methyl sites for hydroxylation is 1. The minimum Gasteiger partial charge on any atom is -0.383 e. The van der Waals surface area contributed by atoms with Crippen molar-refractivity contribution in [2.45, 2.75) is 6.92 Å². The van der Waals surface area contributed by atoms with Gasteiger partial charge in [0.05, 0.1) is 13.2 Å². The van der Waals surface area contributed by atoms with E-state index < -0.39 is 0 Å². The Labute approximate surface area is 118 Å². The summed E-state index contributed by atoms with van der Waals surface area (Å²) in [6, 6.07) is 5.19. The number of nitrogens with one attached hydrogen (secondary N) is 3. The number of methoxy groups -OCH3 is 1. The standard InChI is InChI=1S/C14H21N3O3/c1-10-4-5-11(14(19)15-2)8-12(10)17-13(18)9-16-6-7-20-3/h4-5,8,16H,6-7,9H2,1-3H3,(H,15,19)(H,17,18). The van der Waals surface area contributed by atoms with Gasteiger partial charge in [0.25, 0.3) is 5.91 Å². The maximum Gasteiger partial charge on any atom is 0.251 e. The van der Waals surface area contributed by atoms with Crippen molar-refractivity contribution in [2.24, 2.45) is 0 Å². The SMILES string of the molecule is CNC(=O)c1ccc(C)c(NC(=O)CNCCOC)c1. The van der Waals surface area contributed by atoms with E-state index in [9.17, 15) is 9.59 Å². The van der Waals surface area contributed by atoms with Gasteiger partial charge in [-0.3, -0.25) is 9.59 Å². The largest absolute Gasteiger partial charge is 0.383 e. The van der Waals surface area contributed by atoms with Gasteiger partial charge in [0, 0.05) is 32.0 Å². The van der Waals surface area contributed by atoms with E-state index in [0.29, 0.717) is 24.4 Å². The van der Waals surface area contributed by atoms with Gasteiger partial charge in [0.1, 0.15) is 0 Å². The Balaban J connectivity index is 2.62. The van der Waals surface area contributed by atoms with Crippen LogP contribution in [0.3, 0.4) is 0 Å². The molecule has 0 heterocycles. The maximum absolute atomic E-state index is 11.8. The first kappa shape index (κ1) is 16.1. The first-order chi connectivity index (χ1) is 9.58. The van der Waals surface area contributed by atoms with Crippen LogP contribution in [-0.4, -0.2) is 45.7 Å². The molecule has 3 N–H and O–H groups in total. The summed E-state index contributed by atoms with van der Waals surface area (Å²) in [4.78, 5) is 23.3. The summed E-state index contributed by atoms with van der Waals surface area (Å²) in [5, 5.41) is 8.29. The van der Waals surface area contributed by atoms with E-state index in [1.807, 2.05) is 6.92 Å². The van der Waals surface area contributed by atoms with Gasteiger partial charge in [0.2, 0.25) is 5.91 Å². The molecule has 110 valence electrons. The molecule has 0 spiro atoms. The van der Waals surface area contributed by atoms with Gasteiger partial charge < -0.3 is 20.7 Å². The molecule has 0 unspecified atom stereocenters. The highest BCUT2D eigenvalue weighted by molar-refractivity contribution is 5.98. The number of hydrogen-bond acceptors (Lipinski definition) is 4. The molecule has 0 atom stereocenters. The van der Waals surface area contributed by atoms with E-state index in [0.717, 1.165) is 5.56 Å². The van der Waals surface area contributed by atoms with Gasteiger partial charge in [0.15, 0.2) is 0 Å². The summed E-state index contributed by atoms with van der Waals surface area (Å²) in [6.45, 7) is 3.24. The Kier molecular flexibility index (Phi) is 6.69. The zero-order valence-electron chi connectivity index (χ0n) is 12.1. The molecule has 0 radical (unpaired) electrons. The Morgan fingerprint density at radius 3 is 2.70 bits per heavy atom. The minimum absolute atomic E-state index is 0.154. The number of ether oxygens (including phenoxy) is 1. The summed E-state index contributed by atoms with van der Waals surface area (Å²) >= 11 is 0. The van der Waals surface area contributed by atoms with Crippen LogP contribution in [0.5, 0.6) is 0 Å². The fourth-order valence-electron chi connectivity index (χ4n) is 1.61. The number of anilines is 1. The number of carbonyl (C=O) groups is 2. The van der Waals surface area contributed by atoms with Gasteiger partial charge in [-0.25, -0.2) is 0 Å². The van der Waals surface area contributed by atoms with Crippen molar-refractivity contribution < 1.29 is 14.3 Å². The lowest BCUT2D eigenvalue weighted by Gasteiger charge is -2.10. The molecule has 6 nitrogen and oxygen atoms in total. The van der Waals surface area contributed by atoms with E-state index in [4.69, 9.17) is 4.74 Å². The molecule has 0 aromatic heterocycles. The summed E-state index contributed by atoms with van der Waals surface area (Å²) < 4.78 is 4.88. The van der Waals surface area contributed by atoms with Crippen LogP contribution < -0.4 is 16.0 Å². The van der Waals surface area contributed by atoms with Crippen LogP contribution in [0.1, 0.15) is 15.9 Å². The van der Waals surface area contributed by atoms with E-state index in [2.05, 4.69) is 16.0 Å². The summed E-state index contributed by atoms with van der Waals surface area (Å²) in [6.07, 6.45) is 0. The zero-order chi connectivity index (χ0) is 15.0. The molecule has 0 fully saturated rings. The summed E-state index contributed by atoms with van der Waals surface area (Å²) in [7, 11) is 3.18. The van der Waals surface area contributed by atoms with Gasteiger partial charge in [-0.1, -0.05) is 6.07 Å². The molecule has 0 aliphatic carbocycles. The number of hydrogen-bond donors (Lipinski definition) is 3. The number of rotatable bonds is 7. The molecule has 20 heavy (non-hydrogen) atoms. The smallest absolute Gasteiger partial charge is 0.251 e. The molecule has 0 aliphatic heterocycles. The molecule has 0 bridgehead atoms. The Hall–Kier alpha value is -1.92. The Morgan fingerprint density at radius 1 is 1.30 bits per heavy atom. The van der Waals surface area contributed by atoms with Crippen LogP contribution >= 0.6 is 0 Å². The molecule has 1 aromatic carbocycles. The van der Waals surface area contributed by atoms with Crippen molar-refractivity contribution in [1.29, 1.82) is 0 Å². The molecule has 0 aliphatic rings. The van der Waals surface area contributed by atoms with Crippen LogP contribution in [0.25, 0.3) is 0 Å². The molecule has 0 saturated carbocycles. The van der Waals surface area contributed by atoms with Gasteiger partial charge in [-0.05, 0) is 24.6 Å². The highest BCUT2D eigenvalue weighted by Crippen LogP contribution is 2.16. The summed E-state index contributed by atoms with van der Waals surface area (Å²) in [5.74, 6) is -0.336. The highest BCUT2D eigenvalue weighted by atomic mass is 16.5. The predicted octanol–water partition coefficient (Wildman–Crippen LogP) is 0.529. The topological polar surface area (TPSA) is 79.5 Å². The van der Waals surface area contributed by atoms with Gasteiger partial charge in [-0.15, -0.1) is 0 Å². The van der Waals surface area contributed by atoms with Crippen LogP contribution in [0, 0.1) is 6.92 Å². The third-order valence-electron chi connectivity index (χ3n) is 2.77. The van der Waals surface area contributed by atoms with Crippen LogP contribution in [0.4, 0.5) is 5.69 Å². The number of benzene rings is 1. The molecule has 0 saturated heterocycles. The average molecular weight is 279 g/mol. The second kappa shape index (κ2) is 8.29. The van der Waals surface area contributed by atoms with Crippen molar-refractivity contribution in [3.8, 4) is 0 Å². The van der Waals surface area contributed by atoms with Crippen LogP contribution in [0.15, 0.2) is 18.2 Å². The Bertz CT molecular complexity index is 475. The molecule has 1 rings (SSSR count). The average Bonchev–Trinajstić information content (AvgIpc) is 2.45. The molecule has 6 heteroatoms. The van der Waals surface area contributed by atoms with E-state index in [1.54, 1.807) is 32.4 Å². The minimum atomic E-state index is -0.182. The van der Waals surface area contributed by atoms with Gasteiger partial charge in [-0.2, -0.15) is 0 Å². The predicted molar refractivity (Wildman–Crippen MR) is 77.9 cm³/mol. The summed E-state index contributed by atoms with van der Waals surface area (Å²) in [5.41, 5.74) is 2.06. The number of carbonyl (C=O) groups excluding carboxylic acids is 2. The maximum atomic E-state index is 11.8. The first-order valence-corrected chi connectivity index (χ1v) is 6.40. The lowest BCUT2D eigenvalue weighted by atomic mass is 10.1. The second-order valence-electron chi connectivity index (χ2n) is 4.33.